The number of rotatable bonds is 2. The van der Waals surface area contributed by atoms with E-state index >= 15 is 0 Å². The summed E-state index contributed by atoms with van der Waals surface area (Å²) in [4.78, 5) is 0. The fraction of sp³-hybridized carbons (Fsp3) is 0.250. The van der Waals surface area contributed by atoms with Crippen molar-refractivity contribution >= 4 is 21.8 Å². The Balaban J connectivity index is 2.45. The van der Waals surface area contributed by atoms with Gasteiger partial charge in [-0.1, -0.05) is 50.2 Å². The highest BCUT2D eigenvalue weighted by atomic mass is 16.3. The molecule has 0 saturated carbocycles. The molecule has 18 heavy (non-hydrogen) atoms. The summed E-state index contributed by atoms with van der Waals surface area (Å²) in [5.74, 6) is 0.184. The van der Waals surface area contributed by atoms with Crippen LogP contribution in [0.4, 0.5) is 0 Å². The molecule has 3 aromatic rings. The van der Waals surface area contributed by atoms with Crippen LogP contribution >= 0.6 is 0 Å². The van der Waals surface area contributed by atoms with Crippen molar-refractivity contribution in [1.82, 2.24) is 4.57 Å². The number of hydrogen-bond acceptors (Lipinski definition) is 1. The molecular weight excluding hydrogens is 222 g/mol. The molecule has 1 heterocycles. The van der Waals surface area contributed by atoms with Crippen molar-refractivity contribution in [1.29, 1.82) is 0 Å². The van der Waals surface area contributed by atoms with Gasteiger partial charge in [0.15, 0.2) is 0 Å². The van der Waals surface area contributed by atoms with Crippen molar-refractivity contribution in [2.45, 2.75) is 20.1 Å². The molecule has 1 aromatic heterocycles. The molecule has 2 heteroatoms. The summed E-state index contributed by atoms with van der Waals surface area (Å²) in [5.41, 5.74) is 2.19. The van der Waals surface area contributed by atoms with Gasteiger partial charge in [-0.3, -0.25) is 0 Å². The fourth-order valence-corrected chi connectivity index (χ4v) is 2.54. The Morgan fingerprint density at radius 1 is 0.833 bits per heavy atom. The van der Waals surface area contributed by atoms with Crippen LogP contribution in [0.15, 0.2) is 48.5 Å². The van der Waals surface area contributed by atoms with Gasteiger partial charge < -0.3 is 9.67 Å². The molecule has 0 unspecified atom stereocenters. The van der Waals surface area contributed by atoms with Crippen molar-refractivity contribution in [2.24, 2.45) is 5.92 Å². The summed E-state index contributed by atoms with van der Waals surface area (Å²) in [6, 6.07) is 16.5. The van der Waals surface area contributed by atoms with Gasteiger partial charge in [0.1, 0.15) is 6.23 Å². The van der Waals surface area contributed by atoms with Crippen LogP contribution in [-0.2, 0) is 0 Å². The minimum absolute atomic E-state index is 0.184. The van der Waals surface area contributed by atoms with Crippen LogP contribution in [0.25, 0.3) is 21.8 Å². The number of aliphatic hydroxyl groups is 1. The molecule has 0 saturated heterocycles. The monoisotopic (exact) mass is 239 g/mol. The first-order valence-electron chi connectivity index (χ1n) is 6.36. The van der Waals surface area contributed by atoms with Crippen LogP contribution in [0, 0.1) is 5.92 Å². The summed E-state index contributed by atoms with van der Waals surface area (Å²) < 4.78 is 2.04. The van der Waals surface area contributed by atoms with E-state index in [1.807, 2.05) is 42.7 Å². The van der Waals surface area contributed by atoms with Crippen LogP contribution in [0.1, 0.15) is 20.1 Å². The second kappa shape index (κ2) is 4.14. The molecule has 92 valence electrons. The van der Waals surface area contributed by atoms with E-state index in [0.717, 1.165) is 11.0 Å². The Bertz CT molecular complexity index is 643. The lowest BCUT2D eigenvalue weighted by Gasteiger charge is -2.19. The minimum atomic E-state index is -0.491. The van der Waals surface area contributed by atoms with Gasteiger partial charge in [0.2, 0.25) is 0 Å². The summed E-state index contributed by atoms with van der Waals surface area (Å²) in [6.45, 7) is 4.07. The number of aromatic nitrogens is 1. The summed E-state index contributed by atoms with van der Waals surface area (Å²) in [5, 5.41) is 12.8. The van der Waals surface area contributed by atoms with Gasteiger partial charge in [-0.05, 0) is 18.1 Å². The minimum Gasteiger partial charge on any atom is -0.373 e. The number of benzene rings is 2. The molecule has 0 radical (unpaired) electrons. The third kappa shape index (κ3) is 1.53. The van der Waals surface area contributed by atoms with Crippen molar-refractivity contribution in [3.8, 4) is 0 Å². The number of para-hydroxylation sites is 2. The summed E-state index contributed by atoms with van der Waals surface area (Å²) in [6.07, 6.45) is -0.491. The first-order chi connectivity index (χ1) is 8.70. The molecule has 1 N–H and O–H groups in total. The topological polar surface area (TPSA) is 25.2 Å². The number of aliphatic hydroxyl groups excluding tert-OH is 1. The lowest BCUT2D eigenvalue weighted by Crippen LogP contribution is -2.13. The second-order valence-corrected chi connectivity index (χ2v) is 5.06. The Labute approximate surface area is 106 Å². The summed E-state index contributed by atoms with van der Waals surface area (Å²) in [7, 11) is 0. The van der Waals surface area contributed by atoms with E-state index in [9.17, 15) is 5.11 Å². The predicted molar refractivity (Wildman–Crippen MR) is 75.5 cm³/mol. The number of fused-ring (bicyclic) bond motifs is 3. The Morgan fingerprint density at radius 3 is 1.72 bits per heavy atom. The van der Waals surface area contributed by atoms with E-state index in [1.165, 1.54) is 10.8 Å². The molecule has 0 fully saturated rings. The van der Waals surface area contributed by atoms with Crippen LogP contribution in [0.2, 0.25) is 0 Å². The van der Waals surface area contributed by atoms with Crippen LogP contribution in [-0.4, -0.2) is 9.67 Å². The van der Waals surface area contributed by atoms with E-state index in [2.05, 4.69) is 24.3 Å². The predicted octanol–water partition coefficient (Wildman–Crippen LogP) is 3.94. The zero-order valence-corrected chi connectivity index (χ0v) is 10.7. The zero-order valence-electron chi connectivity index (χ0n) is 10.7. The molecule has 3 rings (SSSR count). The maximum absolute atomic E-state index is 10.4. The molecule has 0 aliphatic heterocycles. The molecule has 2 nitrogen and oxygen atoms in total. The molecule has 2 aromatic carbocycles. The molecule has 0 aliphatic rings. The first-order valence-corrected chi connectivity index (χ1v) is 6.36. The molecule has 1 atom stereocenters. The third-order valence-electron chi connectivity index (χ3n) is 3.48. The van der Waals surface area contributed by atoms with Gasteiger partial charge >= 0.3 is 0 Å². The number of nitrogens with zero attached hydrogens (tertiary/aromatic N) is 1. The van der Waals surface area contributed by atoms with Crippen molar-refractivity contribution < 1.29 is 5.11 Å². The van der Waals surface area contributed by atoms with Gasteiger partial charge in [-0.15, -0.1) is 0 Å². The second-order valence-electron chi connectivity index (χ2n) is 5.06. The normalized spacial score (nSPS) is 13.6. The first kappa shape index (κ1) is 11.3. The van der Waals surface area contributed by atoms with Crippen molar-refractivity contribution in [2.75, 3.05) is 0 Å². The van der Waals surface area contributed by atoms with Crippen molar-refractivity contribution in [3.63, 3.8) is 0 Å². The highest BCUT2D eigenvalue weighted by Crippen LogP contribution is 2.32. The lowest BCUT2D eigenvalue weighted by molar-refractivity contribution is 0.0649. The largest absolute Gasteiger partial charge is 0.373 e. The Morgan fingerprint density at radius 2 is 1.28 bits per heavy atom. The molecular formula is C16H17NO. The molecule has 0 bridgehead atoms. The standard InChI is InChI=1S/C16H17NO/c1-11(2)16(18)17-14-9-5-3-7-12(14)13-8-4-6-10-15(13)17/h3-11,16,18H,1-2H3/t16-/m1/s1. The summed E-state index contributed by atoms with van der Waals surface area (Å²) >= 11 is 0. The van der Waals surface area contributed by atoms with E-state index < -0.39 is 6.23 Å². The van der Waals surface area contributed by atoms with E-state index in [4.69, 9.17) is 0 Å². The maximum atomic E-state index is 10.4. The van der Waals surface area contributed by atoms with Gasteiger partial charge in [-0.2, -0.15) is 0 Å². The van der Waals surface area contributed by atoms with Gasteiger partial charge in [0, 0.05) is 10.8 Å². The smallest absolute Gasteiger partial charge is 0.133 e. The van der Waals surface area contributed by atoms with Gasteiger partial charge in [0.25, 0.3) is 0 Å². The maximum Gasteiger partial charge on any atom is 0.133 e. The zero-order chi connectivity index (χ0) is 12.7. The molecule has 0 amide bonds. The quantitative estimate of drug-likeness (QED) is 0.720. The highest BCUT2D eigenvalue weighted by Gasteiger charge is 2.17. The Hall–Kier alpha value is -1.80. The average Bonchev–Trinajstić information content (AvgIpc) is 2.72. The van der Waals surface area contributed by atoms with Crippen LogP contribution in [0.5, 0.6) is 0 Å². The highest BCUT2D eigenvalue weighted by molar-refractivity contribution is 6.08. The van der Waals surface area contributed by atoms with E-state index in [1.54, 1.807) is 0 Å². The lowest BCUT2D eigenvalue weighted by atomic mass is 10.2. The van der Waals surface area contributed by atoms with Gasteiger partial charge in [-0.25, -0.2) is 0 Å². The third-order valence-corrected chi connectivity index (χ3v) is 3.48. The van der Waals surface area contributed by atoms with E-state index in [-0.39, 0.29) is 5.92 Å². The number of hydrogen-bond donors (Lipinski definition) is 1. The SMILES string of the molecule is CC(C)[C@@H](O)n1c2ccccc2c2ccccc21. The fourth-order valence-electron chi connectivity index (χ4n) is 2.54. The van der Waals surface area contributed by atoms with Crippen LogP contribution in [0.3, 0.4) is 0 Å². The molecule has 0 spiro atoms. The van der Waals surface area contributed by atoms with Gasteiger partial charge in [0.05, 0.1) is 11.0 Å². The van der Waals surface area contributed by atoms with E-state index in [0.29, 0.717) is 0 Å². The Kier molecular flexibility index (Phi) is 2.60. The van der Waals surface area contributed by atoms with Crippen LogP contribution < -0.4 is 0 Å². The van der Waals surface area contributed by atoms with Crippen molar-refractivity contribution in [3.05, 3.63) is 48.5 Å². The average molecular weight is 239 g/mol. The molecule has 0 aliphatic carbocycles.